The lowest BCUT2D eigenvalue weighted by Crippen LogP contribution is -2.50. The Morgan fingerprint density at radius 1 is 0.974 bits per heavy atom. The van der Waals surface area contributed by atoms with Gasteiger partial charge in [0, 0.05) is 13.6 Å². The van der Waals surface area contributed by atoms with E-state index in [1.165, 1.54) is 24.1 Å². The van der Waals surface area contributed by atoms with Crippen LogP contribution in [0.2, 0.25) is 10.0 Å². The molecule has 0 aliphatic carbocycles. The number of carbonyl (C=O) groups excluding carboxylic acids is 2. The molecule has 0 aliphatic heterocycles. The van der Waals surface area contributed by atoms with Gasteiger partial charge in [0.2, 0.25) is 11.8 Å². The van der Waals surface area contributed by atoms with Crippen LogP contribution in [-0.4, -0.2) is 51.4 Å². The van der Waals surface area contributed by atoms with Gasteiger partial charge in [-0.15, -0.1) is 0 Å². The molecule has 0 aromatic heterocycles. The molecule has 39 heavy (non-hydrogen) atoms. The molecule has 0 saturated heterocycles. The largest absolute Gasteiger partial charge is 0.494 e. The normalized spacial score (nSPS) is 11.9. The average Bonchev–Trinajstić information content (AvgIpc) is 2.92. The van der Waals surface area contributed by atoms with Gasteiger partial charge < -0.3 is 15.0 Å². The monoisotopic (exact) mass is 591 g/mol. The van der Waals surface area contributed by atoms with Crippen molar-refractivity contribution in [3.63, 3.8) is 0 Å². The molecule has 1 N–H and O–H groups in total. The van der Waals surface area contributed by atoms with Crippen LogP contribution in [0, 0.1) is 6.92 Å². The lowest BCUT2D eigenvalue weighted by molar-refractivity contribution is -0.139. The number of aryl methyl sites for hydroxylation is 1. The summed E-state index contributed by atoms with van der Waals surface area (Å²) in [5.74, 6) is -0.422. The van der Waals surface area contributed by atoms with Gasteiger partial charge in [0.05, 0.1) is 27.2 Å². The average molecular weight is 593 g/mol. The summed E-state index contributed by atoms with van der Waals surface area (Å²) in [6, 6.07) is 16.8. The summed E-state index contributed by atoms with van der Waals surface area (Å²) in [5, 5.41) is 3.19. The van der Waals surface area contributed by atoms with E-state index in [0.717, 1.165) is 9.87 Å². The van der Waals surface area contributed by atoms with E-state index >= 15 is 0 Å². The molecule has 2 amide bonds. The van der Waals surface area contributed by atoms with Crippen LogP contribution in [0.15, 0.2) is 71.6 Å². The number of halogens is 2. The molecule has 0 saturated carbocycles. The maximum Gasteiger partial charge on any atom is 0.264 e. The van der Waals surface area contributed by atoms with E-state index in [2.05, 4.69) is 5.32 Å². The van der Waals surface area contributed by atoms with Crippen LogP contribution in [0.1, 0.15) is 25.0 Å². The summed E-state index contributed by atoms with van der Waals surface area (Å²) in [4.78, 5) is 27.7. The zero-order valence-corrected chi connectivity index (χ0v) is 24.5. The number of nitrogens with one attached hydrogen (secondary N) is 1. The zero-order chi connectivity index (χ0) is 28.7. The number of carbonyl (C=O) groups is 2. The number of ether oxygens (including phenoxy) is 1. The van der Waals surface area contributed by atoms with Gasteiger partial charge >= 0.3 is 0 Å². The maximum absolute atomic E-state index is 13.8. The standard InChI is InChI=1S/C28H31Cl2N3O5S/c1-5-38-23-11-9-22(10-12-23)33(39(36,37)24-13-6-19(2)7-14-24)18-27(34)32(20(3)28(35)31-4)17-21-8-15-25(29)26(30)16-21/h6-16,20H,5,17-18H2,1-4H3,(H,31,35). The number of amides is 2. The van der Waals surface area contributed by atoms with Gasteiger partial charge in [-0.05, 0) is 74.9 Å². The lowest BCUT2D eigenvalue weighted by atomic mass is 10.1. The number of hydrogen-bond donors (Lipinski definition) is 1. The van der Waals surface area contributed by atoms with E-state index in [4.69, 9.17) is 27.9 Å². The highest BCUT2D eigenvalue weighted by atomic mass is 35.5. The van der Waals surface area contributed by atoms with Gasteiger partial charge in [0.15, 0.2) is 0 Å². The number of rotatable bonds is 11. The van der Waals surface area contributed by atoms with Crippen LogP contribution in [0.3, 0.4) is 0 Å². The number of likely N-dealkylation sites (N-methyl/N-ethyl adjacent to an activating group) is 1. The fourth-order valence-corrected chi connectivity index (χ4v) is 5.60. The Bertz CT molecular complexity index is 1410. The fourth-order valence-electron chi connectivity index (χ4n) is 3.87. The van der Waals surface area contributed by atoms with Gasteiger partial charge in [-0.1, -0.05) is 47.0 Å². The van der Waals surface area contributed by atoms with Gasteiger partial charge in [-0.2, -0.15) is 0 Å². The molecule has 1 unspecified atom stereocenters. The molecule has 0 radical (unpaired) electrons. The molecule has 11 heteroatoms. The molecule has 0 spiro atoms. The van der Waals surface area contributed by atoms with Gasteiger partial charge in [-0.25, -0.2) is 8.42 Å². The first kappa shape index (κ1) is 30.3. The van der Waals surface area contributed by atoms with Crippen molar-refractivity contribution in [2.24, 2.45) is 0 Å². The van der Waals surface area contributed by atoms with Crippen molar-refractivity contribution in [1.82, 2.24) is 10.2 Å². The van der Waals surface area contributed by atoms with Crippen molar-refractivity contribution in [3.05, 3.63) is 87.9 Å². The Balaban J connectivity index is 2.04. The van der Waals surface area contributed by atoms with Crippen molar-refractivity contribution in [2.45, 2.75) is 38.3 Å². The van der Waals surface area contributed by atoms with Crippen LogP contribution < -0.4 is 14.4 Å². The summed E-state index contributed by atoms with van der Waals surface area (Å²) >= 11 is 12.2. The molecule has 0 heterocycles. The highest BCUT2D eigenvalue weighted by Gasteiger charge is 2.32. The van der Waals surface area contributed by atoms with Gasteiger partial charge in [0.1, 0.15) is 18.3 Å². The minimum Gasteiger partial charge on any atom is -0.494 e. The van der Waals surface area contributed by atoms with Crippen molar-refractivity contribution < 1.29 is 22.7 Å². The molecular formula is C28H31Cl2N3O5S. The first-order chi connectivity index (χ1) is 18.5. The molecule has 208 valence electrons. The summed E-state index contributed by atoms with van der Waals surface area (Å²) in [6.45, 7) is 5.18. The predicted molar refractivity (Wildman–Crippen MR) is 154 cm³/mol. The zero-order valence-electron chi connectivity index (χ0n) is 22.1. The molecule has 0 bridgehead atoms. The molecule has 0 fully saturated rings. The lowest BCUT2D eigenvalue weighted by Gasteiger charge is -2.32. The molecule has 0 aliphatic rings. The summed E-state index contributed by atoms with van der Waals surface area (Å²) in [6.07, 6.45) is 0. The Kier molecular flexibility index (Phi) is 10.2. The van der Waals surface area contributed by atoms with E-state index in [0.29, 0.717) is 28.0 Å². The smallest absolute Gasteiger partial charge is 0.264 e. The van der Waals surface area contributed by atoms with Crippen molar-refractivity contribution in [3.8, 4) is 5.75 Å². The summed E-state index contributed by atoms with van der Waals surface area (Å²) in [7, 11) is -2.69. The Morgan fingerprint density at radius 2 is 1.62 bits per heavy atom. The predicted octanol–water partition coefficient (Wildman–Crippen LogP) is 5.06. The highest BCUT2D eigenvalue weighted by molar-refractivity contribution is 7.92. The highest BCUT2D eigenvalue weighted by Crippen LogP contribution is 2.28. The Hall–Kier alpha value is -3.27. The molecule has 3 aromatic rings. The molecule has 3 aromatic carbocycles. The third-order valence-electron chi connectivity index (χ3n) is 6.07. The van der Waals surface area contributed by atoms with Crippen molar-refractivity contribution >= 4 is 50.7 Å². The SMILES string of the molecule is CCOc1ccc(N(CC(=O)N(Cc2ccc(Cl)c(Cl)c2)C(C)C(=O)NC)S(=O)(=O)c2ccc(C)cc2)cc1. The Morgan fingerprint density at radius 3 is 2.18 bits per heavy atom. The van der Waals surface area contributed by atoms with E-state index in [-0.39, 0.29) is 17.1 Å². The van der Waals surface area contributed by atoms with E-state index in [1.54, 1.807) is 61.5 Å². The third-order valence-corrected chi connectivity index (χ3v) is 8.60. The van der Waals surface area contributed by atoms with Crippen LogP contribution >= 0.6 is 23.2 Å². The third kappa shape index (κ3) is 7.44. The Labute approximate surface area is 239 Å². The topological polar surface area (TPSA) is 96.0 Å². The number of hydrogen-bond acceptors (Lipinski definition) is 5. The quantitative estimate of drug-likeness (QED) is 0.336. The number of anilines is 1. The first-order valence-corrected chi connectivity index (χ1v) is 14.4. The number of benzene rings is 3. The van der Waals surface area contributed by atoms with Crippen LogP contribution in [0.5, 0.6) is 5.75 Å². The van der Waals surface area contributed by atoms with E-state index < -0.39 is 34.4 Å². The minimum absolute atomic E-state index is 0.00596. The molecule has 3 rings (SSSR count). The minimum atomic E-state index is -4.16. The van der Waals surface area contributed by atoms with Crippen LogP contribution in [-0.2, 0) is 26.2 Å². The maximum atomic E-state index is 13.8. The van der Waals surface area contributed by atoms with Crippen LogP contribution in [0.4, 0.5) is 5.69 Å². The van der Waals surface area contributed by atoms with Gasteiger partial charge in [-0.3, -0.25) is 13.9 Å². The van der Waals surface area contributed by atoms with Crippen molar-refractivity contribution in [1.29, 1.82) is 0 Å². The summed E-state index contributed by atoms with van der Waals surface area (Å²) in [5.41, 5.74) is 1.79. The summed E-state index contributed by atoms with van der Waals surface area (Å²) < 4.78 is 34.2. The second-order valence-corrected chi connectivity index (χ2v) is 11.5. The first-order valence-electron chi connectivity index (χ1n) is 12.2. The second-order valence-electron chi connectivity index (χ2n) is 8.81. The second kappa shape index (κ2) is 13.2. The number of nitrogens with zero attached hydrogens (tertiary/aromatic N) is 2. The molecule has 1 atom stereocenters. The van der Waals surface area contributed by atoms with Gasteiger partial charge in [0.25, 0.3) is 10.0 Å². The van der Waals surface area contributed by atoms with Crippen LogP contribution in [0.25, 0.3) is 0 Å². The molecule has 8 nitrogen and oxygen atoms in total. The molecular weight excluding hydrogens is 561 g/mol. The van der Waals surface area contributed by atoms with E-state index in [1.807, 2.05) is 13.8 Å². The van der Waals surface area contributed by atoms with Crippen molar-refractivity contribution in [2.75, 3.05) is 24.5 Å². The van der Waals surface area contributed by atoms with E-state index in [9.17, 15) is 18.0 Å². The number of sulfonamides is 1. The fraction of sp³-hybridized carbons (Fsp3) is 0.286.